The Bertz CT molecular complexity index is 318. The van der Waals surface area contributed by atoms with Crippen LogP contribution in [0.3, 0.4) is 0 Å². The molecule has 1 rings (SSSR count). The minimum Gasteiger partial charge on any atom is -0.379 e. The summed E-state index contributed by atoms with van der Waals surface area (Å²) in [7, 11) is 1.87. The molecule has 1 fully saturated rings. The average Bonchev–Trinajstić information content (AvgIpc) is 2.75. The van der Waals surface area contributed by atoms with E-state index in [4.69, 9.17) is 20.2 Å². The van der Waals surface area contributed by atoms with E-state index < -0.39 is 9.05 Å². The van der Waals surface area contributed by atoms with Crippen molar-refractivity contribution in [2.24, 2.45) is 5.41 Å². The fourth-order valence-corrected chi connectivity index (χ4v) is 3.92. The van der Waals surface area contributed by atoms with Crippen molar-refractivity contribution in [3.05, 3.63) is 0 Å². The molecule has 0 N–H and O–H groups in total. The summed E-state index contributed by atoms with van der Waals surface area (Å²) in [5.74, 6) is -0.0257. The molecule has 0 spiro atoms. The maximum atomic E-state index is 11.2. The lowest BCUT2D eigenvalue weighted by atomic mass is 9.85. The molecule has 0 aromatic heterocycles. The molecule has 1 aliphatic heterocycles. The Morgan fingerprint density at radius 3 is 2.47 bits per heavy atom. The smallest absolute Gasteiger partial charge is 0.233 e. The summed E-state index contributed by atoms with van der Waals surface area (Å²) in [6, 6.07) is 0. The first kappa shape index (κ1) is 15.2. The number of hydrogen-bond donors (Lipinski definition) is 0. The molecule has 17 heavy (non-hydrogen) atoms. The molecule has 1 atom stereocenters. The molecule has 0 aliphatic carbocycles. The number of halogens is 1. The second-order valence-electron chi connectivity index (χ2n) is 4.69. The Hall–Kier alpha value is 0.160. The van der Waals surface area contributed by atoms with Gasteiger partial charge in [0.2, 0.25) is 9.05 Å². The van der Waals surface area contributed by atoms with E-state index in [1.54, 1.807) is 0 Å². The van der Waals surface area contributed by atoms with Crippen molar-refractivity contribution in [3.63, 3.8) is 0 Å². The third-order valence-electron chi connectivity index (χ3n) is 3.49. The summed E-state index contributed by atoms with van der Waals surface area (Å²) < 4.78 is 33.5. The first-order chi connectivity index (χ1) is 7.91. The monoisotopic (exact) mass is 284 g/mol. The normalized spacial score (nSPS) is 21.9. The van der Waals surface area contributed by atoms with Crippen LogP contribution in [-0.2, 0) is 18.5 Å². The maximum Gasteiger partial charge on any atom is 0.233 e. The van der Waals surface area contributed by atoms with Gasteiger partial charge in [0, 0.05) is 22.7 Å². The van der Waals surface area contributed by atoms with Crippen LogP contribution in [0.4, 0.5) is 0 Å². The minimum atomic E-state index is -3.49. The summed E-state index contributed by atoms with van der Waals surface area (Å²) >= 11 is 0. The van der Waals surface area contributed by atoms with E-state index in [1.807, 2.05) is 13.8 Å². The molecule has 1 saturated heterocycles. The molecule has 0 aromatic rings. The van der Waals surface area contributed by atoms with Gasteiger partial charge >= 0.3 is 0 Å². The second kappa shape index (κ2) is 6.36. The molecule has 6 heteroatoms. The van der Waals surface area contributed by atoms with E-state index in [0.29, 0.717) is 13.2 Å². The highest BCUT2D eigenvalue weighted by atomic mass is 35.7. The molecule has 4 nitrogen and oxygen atoms in total. The van der Waals surface area contributed by atoms with Gasteiger partial charge < -0.3 is 9.47 Å². The summed E-state index contributed by atoms with van der Waals surface area (Å²) in [5.41, 5.74) is -0.372. The van der Waals surface area contributed by atoms with Crippen molar-refractivity contribution < 1.29 is 17.9 Å². The van der Waals surface area contributed by atoms with E-state index >= 15 is 0 Å². The van der Waals surface area contributed by atoms with Crippen molar-refractivity contribution >= 4 is 19.7 Å². The predicted molar refractivity (Wildman–Crippen MR) is 67.8 cm³/mol. The Labute approximate surface area is 108 Å². The van der Waals surface area contributed by atoms with E-state index in [0.717, 1.165) is 25.9 Å². The molecule has 1 aliphatic rings. The number of rotatable bonds is 7. The average molecular weight is 285 g/mol. The van der Waals surface area contributed by atoms with Crippen LogP contribution in [-0.4, -0.2) is 40.1 Å². The largest absolute Gasteiger partial charge is 0.379 e. The first-order valence-electron chi connectivity index (χ1n) is 6.02. The highest BCUT2D eigenvalue weighted by molar-refractivity contribution is 8.13. The molecule has 0 bridgehead atoms. The quantitative estimate of drug-likeness (QED) is 0.672. The molecule has 1 unspecified atom stereocenters. The van der Waals surface area contributed by atoms with Crippen molar-refractivity contribution in [2.75, 3.05) is 25.6 Å². The maximum absolute atomic E-state index is 11.2. The lowest BCUT2D eigenvalue weighted by Gasteiger charge is -2.31. The van der Waals surface area contributed by atoms with Gasteiger partial charge in [-0.2, -0.15) is 0 Å². The molecule has 0 amide bonds. The fraction of sp³-hybridized carbons (Fsp3) is 1.00. The Kier molecular flexibility index (Phi) is 5.70. The zero-order valence-corrected chi connectivity index (χ0v) is 12.0. The number of hydrogen-bond acceptors (Lipinski definition) is 4. The topological polar surface area (TPSA) is 52.6 Å². The molecule has 0 radical (unpaired) electrons. The Morgan fingerprint density at radius 2 is 2.06 bits per heavy atom. The fourth-order valence-electron chi connectivity index (χ4n) is 2.00. The van der Waals surface area contributed by atoms with Crippen molar-refractivity contribution in [1.29, 1.82) is 0 Å². The van der Waals surface area contributed by atoms with Gasteiger partial charge in [0.15, 0.2) is 0 Å². The van der Waals surface area contributed by atoms with Gasteiger partial charge in [-0.05, 0) is 19.3 Å². The summed E-state index contributed by atoms with van der Waals surface area (Å²) in [5, 5.41) is 0. The molecule has 102 valence electrons. The van der Waals surface area contributed by atoms with Gasteiger partial charge in [0.05, 0.1) is 25.1 Å². The summed E-state index contributed by atoms with van der Waals surface area (Å²) in [6.45, 7) is 5.71. The van der Waals surface area contributed by atoms with Gasteiger partial charge in [0.25, 0.3) is 0 Å². The molecule has 1 heterocycles. The molecule has 0 saturated carbocycles. The van der Waals surface area contributed by atoms with E-state index in [-0.39, 0.29) is 17.3 Å². The lowest BCUT2D eigenvalue weighted by Crippen LogP contribution is -2.34. The van der Waals surface area contributed by atoms with Crippen LogP contribution in [0, 0.1) is 5.41 Å². The SMILES string of the molecule is CCC(CC)(COC1CCOC1)CS(=O)(=O)Cl. The first-order valence-corrected chi connectivity index (χ1v) is 8.50. The lowest BCUT2D eigenvalue weighted by molar-refractivity contribution is -0.00876. The van der Waals surface area contributed by atoms with Gasteiger partial charge in [-0.15, -0.1) is 0 Å². The molecular formula is C11H21ClO4S. The second-order valence-corrected chi connectivity index (χ2v) is 7.46. The van der Waals surface area contributed by atoms with E-state index in [2.05, 4.69) is 0 Å². The van der Waals surface area contributed by atoms with Crippen molar-refractivity contribution in [3.8, 4) is 0 Å². The van der Waals surface area contributed by atoms with Gasteiger partial charge in [0.1, 0.15) is 0 Å². The summed E-state index contributed by atoms with van der Waals surface area (Å²) in [6.07, 6.45) is 2.47. The van der Waals surface area contributed by atoms with Crippen LogP contribution in [0.15, 0.2) is 0 Å². The standard InChI is InChI=1S/C11H21ClO4S/c1-3-11(4-2,9-17(12,13)14)8-16-10-5-6-15-7-10/h10H,3-9H2,1-2H3. The summed E-state index contributed by atoms with van der Waals surface area (Å²) in [4.78, 5) is 0. The Balaban J connectivity index is 2.56. The van der Waals surface area contributed by atoms with Crippen LogP contribution in [0.25, 0.3) is 0 Å². The third-order valence-corrected chi connectivity index (χ3v) is 4.78. The molecular weight excluding hydrogens is 264 g/mol. The van der Waals surface area contributed by atoms with Crippen LogP contribution < -0.4 is 0 Å². The van der Waals surface area contributed by atoms with Crippen molar-refractivity contribution in [2.45, 2.75) is 39.2 Å². The van der Waals surface area contributed by atoms with Crippen LogP contribution in [0.5, 0.6) is 0 Å². The Morgan fingerprint density at radius 1 is 1.41 bits per heavy atom. The van der Waals surface area contributed by atoms with E-state index in [1.165, 1.54) is 0 Å². The van der Waals surface area contributed by atoms with Crippen LogP contribution in [0.1, 0.15) is 33.1 Å². The number of ether oxygens (including phenoxy) is 2. The third kappa shape index (κ3) is 5.12. The zero-order valence-electron chi connectivity index (χ0n) is 10.4. The van der Waals surface area contributed by atoms with Gasteiger partial charge in [-0.1, -0.05) is 13.8 Å². The van der Waals surface area contributed by atoms with Gasteiger partial charge in [-0.3, -0.25) is 0 Å². The van der Waals surface area contributed by atoms with Crippen molar-refractivity contribution in [1.82, 2.24) is 0 Å². The van der Waals surface area contributed by atoms with Crippen LogP contribution >= 0.6 is 10.7 Å². The predicted octanol–water partition coefficient (Wildman–Crippen LogP) is 2.17. The van der Waals surface area contributed by atoms with E-state index in [9.17, 15) is 8.42 Å². The zero-order chi connectivity index (χ0) is 12.9. The van der Waals surface area contributed by atoms with Gasteiger partial charge in [-0.25, -0.2) is 8.42 Å². The van der Waals surface area contributed by atoms with Crippen LogP contribution in [0.2, 0.25) is 0 Å². The minimum absolute atomic E-state index is 0.0257. The molecule has 0 aromatic carbocycles. The highest BCUT2D eigenvalue weighted by Gasteiger charge is 2.33. The highest BCUT2D eigenvalue weighted by Crippen LogP contribution is 2.31.